The van der Waals surface area contributed by atoms with Gasteiger partial charge in [-0.3, -0.25) is 9.52 Å². The van der Waals surface area contributed by atoms with E-state index in [1.807, 2.05) is 62.4 Å². The van der Waals surface area contributed by atoms with Crippen LogP contribution in [0, 0.1) is 20.8 Å². The summed E-state index contributed by atoms with van der Waals surface area (Å²) in [6, 6.07) is 23.8. The largest absolute Gasteiger partial charge is 0.399 e. The van der Waals surface area contributed by atoms with Crippen LogP contribution in [0.1, 0.15) is 46.2 Å². The fourth-order valence-corrected chi connectivity index (χ4v) is 5.92. The fraction of sp³-hybridized carbons (Fsp3) is 0.167. The maximum Gasteiger partial charge on any atom is 0.262 e. The molecule has 4 rings (SSSR count). The van der Waals surface area contributed by atoms with Gasteiger partial charge in [0, 0.05) is 35.6 Å². The van der Waals surface area contributed by atoms with Crippen LogP contribution in [0.15, 0.2) is 83.8 Å². The molecule has 0 radical (unpaired) electrons. The fourth-order valence-electron chi connectivity index (χ4n) is 4.59. The molecule has 0 heterocycles. The van der Waals surface area contributed by atoms with Crippen molar-refractivity contribution in [1.82, 2.24) is 0 Å². The Labute approximate surface area is 223 Å². The first-order chi connectivity index (χ1) is 17.9. The van der Waals surface area contributed by atoms with E-state index in [0.29, 0.717) is 28.3 Å². The monoisotopic (exact) mass is 528 g/mol. The quantitative estimate of drug-likeness (QED) is 0.180. The minimum atomic E-state index is -3.90. The molecule has 38 heavy (non-hydrogen) atoms. The van der Waals surface area contributed by atoms with Crippen LogP contribution in [-0.2, 0) is 14.8 Å². The Balaban J connectivity index is 1.72. The summed E-state index contributed by atoms with van der Waals surface area (Å²) in [5.74, 6) is -0.426. The van der Waals surface area contributed by atoms with Crippen LogP contribution in [0.2, 0.25) is 0 Å². The van der Waals surface area contributed by atoms with Crippen molar-refractivity contribution in [2.24, 2.45) is 0 Å². The SMILES string of the molecule is CC(=O)Nc1ccc(C)c(S(=O)(=O)Nc2ccc(C(c3cc(N)ccc3C)c3cc(N)ccc3C)cc2)c1. The highest BCUT2D eigenvalue weighted by molar-refractivity contribution is 7.92. The Morgan fingerprint density at radius 2 is 1.21 bits per heavy atom. The van der Waals surface area contributed by atoms with Gasteiger partial charge in [-0.1, -0.05) is 30.3 Å². The van der Waals surface area contributed by atoms with E-state index in [4.69, 9.17) is 11.5 Å². The normalized spacial score (nSPS) is 11.4. The van der Waals surface area contributed by atoms with Gasteiger partial charge in [0.2, 0.25) is 5.91 Å². The predicted molar refractivity (Wildman–Crippen MR) is 155 cm³/mol. The molecule has 8 heteroatoms. The number of hydrogen-bond donors (Lipinski definition) is 4. The molecule has 0 fully saturated rings. The van der Waals surface area contributed by atoms with Crippen molar-refractivity contribution in [3.05, 3.63) is 112 Å². The number of sulfonamides is 1. The second kappa shape index (κ2) is 10.6. The lowest BCUT2D eigenvalue weighted by Crippen LogP contribution is -2.15. The topological polar surface area (TPSA) is 127 Å². The molecule has 0 saturated heterocycles. The van der Waals surface area contributed by atoms with Crippen molar-refractivity contribution in [3.8, 4) is 0 Å². The van der Waals surface area contributed by atoms with Crippen molar-refractivity contribution in [1.29, 1.82) is 0 Å². The van der Waals surface area contributed by atoms with Gasteiger partial charge in [0.05, 0.1) is 4.90 Å². The lowest BCUT2D eigenvalue weighted by molar-refractivity contribution is -0.114. The summed E-state index contributed by atoms with van der Waals surface area (Å²) < 4.78 is 29.1. The van der Waals surface area contributed by atoms with Gasteiger partial charge in [0.15, 0.2) is 0 Å². The number of rotatable bonds is 7. The zero-order chi connectivity index (χ0) is 27.6. The Hall–Kier alpha value is -4.30. The standard InChI is InChI=1S/C30H32N4O3S/c1-18-5-10-23(31)15-27(18)30(28-16-24(32)11-6-19(28)2)22-8-13-25(14-9-22)34-38(36,37)29-17-26(33-21(4)35)12-7-20(29)3/h5-17,30,34H,31-32H2,1-4H3,(H,33,35). The summed E-state index contributed by atoms with van der Waals surface area (Å²) in [5.41, 5.74) is 20.3. The first-order valence-corrected chi connectivity index (χ1v) is 13.7. The molecule has 6 N–H and O–H groups in total. The third-order valence-electron chi connectivity index (χ3n) is 6.52. The van der Waals surface area contributed by atoms with E-state index < -0.39 is 10.0 Å². The molecular formula is C30H32N4O3S. The Morgan fingerprint density at radius 3 is 1.74 bits per heavy atom. The Kier molecular flexibility index (Phi) is 7.46. The molecule has 0 unspecified atom stereocenters. The summed E-state index contributed by atoms with van der Waals surface area (Å²) in [6.45, 7) is 7.17. The lowest BCUT2D eigenvalue weighted by Gasteiger charge is -2.24. The van der Waals surface area contributed by atoms with E-state index in [-0.39, 0.29) is 16.7 Å². The third kappa shape index (κ3) is 5.81. The smallest absolute Gasteiger partial charge is 0.262 e. The number of hydrogen-bond acceptors (Lipinski definition) is 5. The van der Waals surface area contributed by atoms with Crippen LogP contribution >= 0.6 is 0 Å². The summed E-state index contributed by atoms with van der Waals surface area (Å²) in [7, 11) is -3.90. The number of carbonyl (C=O) groups is 1. The first kappa shape index (κ1) is 26.8. The van der Waals surface area contributed by atoms with Gasteiger partial charge in [-0.25, -0.2) is 8.42 Å². The molecule has 0 aliphatic heterocycles. The van der Waals surface area contributed by atoms with Gasteiger partial charge in [0.1, 0.15) is 0 Å². The summed E-state index contributed by atoms with van der Waals surface area (Å²) >= 11 is 0. The summed E-state index contributed by atoms with van der Waals surface area (Å²) in [5, 5.41) is 2.63. The second-order valence-corrected chi connectivity index (χ2v) is 11.2. The van der Waals surface area contributed by atoms with Crippen LogP contribution in [0.5, 0.6) is 0 Å². The lowest BCUT2D eigenvalue weighted by atomic mass is 9.81. The highest BCUT2D eigenvalue weighted by Crippen LogP contribution is 2.38. The van der Waals surface area contributed by atoms with Crippen molar-refractivity contribution in [3.63, 3.8) is 0 Å². The van der Waals surface area contributed by atoms with Gasteiger partial charge in [0.25, 0.3) is 10.0 Å². The highest BCUT2D eigenvalue weighted by atomic mass is 32.2. The molecule has 0 aliphatic rings. The number of anilines is 4. The summed E-state index contributed by atoms with van der Waals surface area (Å²) in [4.78, 5) is 11.5. The second-order valence-electron chi connectivity index (χ2n) is 9.55. The average molecular weight is 529 g/mol. The Bertz CT molecular complexity index is 1560. The molecule has 7 nitrogen and oxygen atoms in total. The number of benzene rings is 4. The molecule has 0 aliphatic carbocycles. The highest BCUT2D eigenvalue weighted by Gasteiger charge is 2.22. The van der Waals surface area contributed by atoms with Gasteiger partial charge in [-0.15, -0.1) is 0 Å². The van der Waals surface area contributed by atoms with Gasteiger partial charge in [-0.2, -0.15) is 0 Å². The molecule has 0 bridgehead atoms. The number of carbonyl (C=O) groups excluding carboxylic acids is 1. The van der Waals surface area contributed by atoms with Crippen molar-refractivity contribution in [2.75, 3.05) is 21.5 Å². The van der Waals surface area contributed by atoms with Crippen molar-refractivity contribution < 1.29 is 13.2 Å². The van der Waals surface area contributed by atoms with Crippen LogP contribution in [0.3, 0.4) is 0 Å². The molecule has 4 aromatic rings. The number of amides is 1. The average Bonchev–Trinajstić information content (AvgIpc) is 2.85. The van der Waals surface area contributed by atoms with E-state index in [0.717, 1.165) is 27.8 Å². The molecule has 4 aromatic carbocycles. The molecule has 0 aromatic heterocycles. The molecular weight excluding hydrogens is 496 g/mol. The van der Waals surface area contributed by atoms with Crippen LogP contribution < -0.4 is 21.5 Å². The third-order valence-corrected chi connectivity index (χ3v) is 8.05. The minimum absolute atomic E-state index is 0.0940. The number of nitrogen functional groups attached to an aromatic ring is 2. The molecule has 196 valence electrons. The van der Waals surface area contributed by atoms with E-state index in [1.165, 1.54) is 13.0 Å². The van der Waals surface area contributed by atoms with Crippen LogP contribution in [0.4, 0.5) is 22.7 Å². The molecule has 1 amide bonds. The maximum absolute atomic E-state index is 13.2. The molecule has 0 saturated carbocycles. The zero-order valence-electron chi connectivity index (χ0n) is 21.9. The molecule has 0 spiro atoms. The maximum atomic E-state index is 13.2. The minimum Gasteiger partial charge on any atom is -0.399 e. The van der Waals surface area contributed by atoms with E-state index in [1.54, 1.807) is 31.2 Å². The number of aryl methyl sites for hydroxylation is 3. The van der Waals surface area contributed by atoms with Crippen LogP contribution in [-0.4, -0.2) is 14.3 Å². The zero-order valence-corrected chi connectivity index (χ0v) is 22.7. The predicted octanol–water partition coefficient (Wildman–Crippen LogP) is 5.72. The first-order valence-electron chi connectivity index (χ1n) is 12.2. The van der Waals surface area contributed by atoms with E-state index in [9.17, 15) is 13.2 Å². The van der Waals surface area contributed by atoms with Crippen molar-refractivity contribution >= 4 is 38.7 Å². The van der Waals surface area contributed by atoms with Gasteiger partial charge >= 0.3 is 0 Å². The Morgan fingerprint density at radius 1 is 0.711 bits per heavy atom. The number of nitrogens with two attached hydrogens (primary N) is 2. The van der Waals surface area contributed by atoms with Gasteiger partial charge < -0.3 is 16.8 Å². The molecule has 0 atom stereocenters. The van der Waals surface area contributed by atoms with Crippen LogP contribution in [0.25, 0.3) is 0 Å². The van der Waals surface area contributed by atoms with E-state index >= 15 is 0 Å². The van der Waals surface area contributed by atoms with Crippen molar-refractivity contribution in [2.45, 2.75) is 38.5 Å². The van der Waals surface area contributed by atoms with Gasteiger partial charge in [-0.05, 0) is 103 Å². The summed E-state index contributed by atoms with van der Waals surface area (Å²) in [6.07, 6.45) is 0. The number of nitrogens with one attached hydrogen (secondary N) is 2. The van der Waals surface area contributed by atoms with E-state index in [2.05, 4.69) is 10.0 Å².